The van der Waals surface area contributed by atoms with Gasteiger partial charge in [-0.3, -0.25) is 4.79 Å². The minimum absolute atomic E-state index is 0.0369. The monoisotopic (exact) mass is 313 g/mol. The second kappa shape index (κ2) is 8.83. The van der Waals surface area contributed by atoms with Gasteiger partial charge in [-0.25, -0.2) is 0 Å². The highest BCUT2D eigenvalue weighted by molar-refractivity contribution is 5.75. The molecular formula is C19H23NO3. The van der Waals surface area contributed by atoms with Gasteiger partial charge in [0.1, 0.15) is 18.1 Å². The zero-order valence-corrected chi connectivity index (χ0v) is 13.7. The number of rotatable bonds is 8. The Hall–Kier alpha value is -2.49. The zero-order valence-electron chi connectivity index (χ0n) is 13.7. The van der Waals surface area contributed by atoms with Gasteiger partial charge in [0, 0.05) is 0 Å². The van der Waals surface area contributed by atoms with Crippen LogP contribution in [0.5, 0.6) is 11.5 Å². The Morgan fingerprint density at radius 1 is 0.913 bits per heavy atom. The van der Waals surface area contributed by atoms with Crippen LogP contribution in [0.3, 0.4) is 0 Å². The van der Waals surface area contributed by atoms with Crippen molar-refractivity contribution in [2.45, 2.75) is 20.3 Å². The van der Waals surface area contributed by atoms with Crippen LogP contribution in [0.2, 0.25) is 0 Å². The first-order chi connectivity index (χ1) is 11.1. The topological polar surface area (TPSA) is 47.6 Å². The molecule has 4 nitrogen and oxygen atoms in total. The van der Waals surface area contributed by atoms with Gasteiger partial charge in [0.2, 0.25) is 5.91 Å². The van der Waals surface area contributed by atoms with E-state index in [2.05, 4.69) is 5.32 Å². The summed E-state index contributed by atoms with van der Waals surface area (Å²) in [5.41, 5.74) is 2.33. The first-order valence-electron chi connectivity index (χ1n) is 7.79. The molecule has 0 spiro atoms. The van der Waals surface area contributed by atoms with Gasteiger partial charge in [-0.15, -0.1) is 0 Å². The fraction of sp³-hybridized carbons (Fsp3) is 0.316. The standard InChI is InChI=1S/C19H23NO3/c1-15-6-8-17(9-7-15)23-13-11-20-19(21)10-12-22-18-5-3-4-16(2)14-18/h3-9,14H,10-13H2,1-2H3,(H,20,21). The molecule has 122 valence electrons. The molecule has 1 N–H and O–H groups in total. The van der Waals surface area contributed by atoms with Crippen molar-refractivity contribution >= 4 is 5.91 Å². The Morgan fingerprint density at radius 2 is 1.65 bits per heavy atom. The Bertz CT molecular complexity index is 623. The molecule has 2 aromatic carbocycles. The number of ether oxygens (including phenoxy) is 2. The fourth-order valence-corrected chi connectivity index (χ4v) is 2.05. The number of hydrogen-bond donors (Lipinski definition) is 1. The molecule has 0 saturated carbocycles. The Morgan fingerprint density at radius 3 is 2.39 bits per heavy atom. The van der Waals surface area contributed by atoms with Crippen molar-refractivity contribution in [1.29, 1.82) is 0 Å². The number of aryl methyl sites for hydroxylation is 2. The molecule has 0 fully saturated rings. The third kappa shape index (κ3) is 6.43. The molecule has 0 atom stereocenters. The van der Waals surface area contributed by atoms with Gasteiger partial charge >= 0.3 is 0 Å². The number of carbonyl (C=O) groups is 1. The molecule has 4 heteroatoms. The summed E-state index contributed by atoms with van der Waals surface area (Å²) in [6.45, 7) is 5.34. The number of amides is 1. The van der Waals surface area contributed by atoms with E-state index in [0.29, 0.717) is 26.2 Å². The maximum atomic E-state index is 11.7. The van der Waals surface area contributed by atoms with Crippen LogP contribution in [0, 0.1) is 13.8 Å². The average molecular weight is 313 g/mol. The summed E-state index contributed by atoms with van der Waals surface area (Å²) >= 11 is 0. The van der Waals surface area contributed by atoms with Crippen molar-refractivity contribution < 1.29 is 14.3 Å². The molecule has 0 aliphatic rings. The Balaban J connectivity index is 1.57. The quantitative estimate of drug-likeness (QED) is 0.761. The second-order valence-corrected chi connectivity index (χ2v) is 5.43. The van der Waals surface area contributed by atoms with Gasteiger partial charge in [-0.1, -0.05) is 29.8 Å². The largest absolute Gasteiger partial charge is 0.493 e. The Labute approximate surface area is 137 Å². The van der Waals surface area contributed by atoms with Crippen molar-refractivity contribution in [3.8, 4) is 11.5 Å². The summed E-state index contributed by atoms with van der Waals surface area (Å²) in [5, 5.41) is 2.82. The lowest BCUT2D eigenvalue weighted by Crippen LogP contribution is -2.29. The molecule has 23 heavy (non-hydrogen) atoms. The molecule has 0 aliphatic heterocycles. The van der Waals surface area contributed by atoms with Gasteiger partial charge in [-0.2, -0.15) is 0 Å². The van der Waals surface area contributed by atoms with Crippen molar-refractivity contribution in [3.05, 3.63) is 59.7 Å². The van der Waals surface area contributed by atoms with Crippen molar-refractivity contribution in [3.63, 3.8) is 0 Å². The summed E-state index contributed by atoms with van der Waals surface area (Å²) in [7, 11) is 0. The molecule has 2 aromatic rings. The van der Waals surface area contributed by atoms with E-state index in [1.807, 2.05) is 62.4 Å². The number of carbonyl (C=O) groups excluding carboxylic acids is 1. The lowest BCUT2D eigenvalue weighted by molar-refractivity contribution is -0.121. The van der Waals surface area contributed by atoms with Gasteiger partial charge in [0.25, 0.3) is 0 Å². The molecule has 1 amide bonds. The lowest BCUT2D eigenvalue weighted by atomic mass is 10.2. The maximum Gasteiger partial charge on any atom is 0.223 e. The smallest absolute Gasteiger partial charge is 0.223 e. The highest BCUT2D eigenvalue weighted by Crippen LogP contribution is 2.12. The highest BCUT2D eigenvalue weighted by Gasteiger charge is 2.02. The molecular weight excluding hydrogens is 290 g/mol. The SMILES string of the molecule is Cc1ccc(OCCNC(=O)CCOc2cccc(C)c2)cc1. The lowest BCUT2D eigenvalue weighted by Gasteiger charge is -2.09. The molecule has 0 radical (unpaired) electrons. The van der Waals surface area contributed by atoms with E-state index in [4.69, 9.17) is 9.47 Å². The van der Waals surface area contributed by atoms with Crippen molar-refractivity contribution in [2.75, 3.05) is 19.8 Å². The van der Waals surface area contributed by atoms with E-state index in [0.717, 1.165) is 17.1 Å². The van der Waals surface area contributed by atoms with Crippen LogP contribution in [-0.2, 0) is 4.79 Å². The van der Waals surface area contributed by atoms with E-state index in [-0.39, 0.29) is 5.91 Å². The summed E-state index contributed by atoms with van der Waals surface area (Å²) in [6, 6.07) is 15.6. The molecule has 2 rings (SSSR count). The average Bonchev–Trinajstić information content (AvgIpc) is 2.53. The molecule has 0 saturated heterocycles. The van der Waals surface area contributed by atoms with E-state index in [1.165, 1.54) is 5.56 Å². The van der Waals surface area contributed by atoms with Gasteiger partial charge < -0.3 is 14.8 Å². The second-order valence-electron chi connectivity index (χ2n) is 5.43. The van der Waals surface area contributed by atoms with E-state index in [1.54, 1.807) is 0 Å². The number of hydrogen-bond acceptors (Lipinski definition) is 3. The van der Waals surface area contributed by atoms with Crippen molar-refractivity contribution in [2.24, 2.45) is 0 Å². The predicted molar refractivity (Wildman–Crippen MR) is 91.0 cm³/mol. The molecule has 0 unspecified atom stereocenters. The highest BCUT2D eigenvalue weighted by atomic mass is 16.5. The zero-order chi connectivity index (χ0) is 16.5. The van der Waals surface area contributed by atoms with E-state index < -0.39 is 0 Å². The summed E-state index contributed by atoms with van der Waals surface area (Å²) < 4.78 is 11.1. The van der Waals surface area contributed by atoms with Crippen LogP contribution >= 0.6 is 0 Å². The molecule has 0 bridgehead atoms. The van der Waals surface area contributed by atoms with Gasteiger partial charge in [0.05, 0.1) is 19.6 Å². The third-order valence-corrected chi connectivity index (χ3v) is 3.30. The van der Waals surface area contributed by atoms with Crippen LogP contribution in [0.4, 0.5) is 0 Å². The first kappa shape index (κ1) is 16.9. The first-order valence-corrected chi connectivity index (χ1v) is 7.79. The predicted octanol–water partition coefficient (Wildman–Crippen LogP) is 3.27. The minimum atomic E-state index is -0.0369. The molecule has 0 aromatic heterocycles. The van der Waals surface area contributed by atoms with Crippen molar-refractivity contribution in [1.82, 2.24) is 5.32 Å². The normalized spacial score (nSPS) is 10.2. The van der Waals surface area contributed by atoms with Gasteiger partial charge in [0.15, 0.2) is 0 Å². The van der Waals surface area contributed by atoms with Gasteiger partial charge in [-0.05, 0) is 43.7 Å². The third-order valence-electron chi connectivity index (χ3n) is 3.30. The summed E-state index contributed by atoms with van der Waals surface area (Å²) in [6.07, 6.45) is 0.332. The minimum Gasteiger partial charge on any atom is -0.493 e. The number of benzene rings is 2. The van der Waals surface area contributed by atoms with Crippen LogP contribution in [-0.4, -0.2) is 25.7 Å². The summed E-state index contributed by atoms with van der Waals surface area (Å²) in [5.74, 6) is 1.57. The van der Waals surface area contributed by atoms with Crippen LogP contribution in [0.25, 0.3) is 0 Å². The van der Waals surface area contributed by atoms with E-state index >= 15 is 0 Å². The van der Waals surface area contributed by atoms with E-state index in [9.17, 15) is 4.79 Å². The maximum absolute atomic E-state index is 11.7. The molecule has 0 aliphatic carbocycles. The van der Waals surface area contributed by atoms with Crippen LogP contribution < -0.4 is 14.8 Å². The van der Waals surface area contributed by atoms with Crippen LogP contribution in [0.15, 0.2) is 48.5 Å². The fourth-order valence-electron chi connectivity index (χ4n) is 2.05. The van der Waals surface area contributed by atoms with Crippen LogP contribution in [0.1, 0.15) is 17.5 Å². The molecule has 0 heterocycles. The Kier molecular flexibility index (Phi) is 6.48. The summed E-state index contributed by atoms with van der Waals surface area (Å²) in [4.78, 5) is 11.7. The number of nitrogens with one attached hydrogen (secondary N) is 1.